The second-order valence-corrected chi connectivity index (χ2v) is 8.01. The molecule has 4 atom stereocenters. The molecule has 2 rings (SSSR count). The molecule has 0 bridgehead atoms. The highest BCUT2D eigenvalue weighted by atomic mass is 19.4. The van der Waals surface area contributed by atoms with Gasteiger partial charge in [0.2, 0.25) is 0 Å². The van der Waals surface area contributed by atoms with E-state index in [2.05, 4.69) is 0 Å². The summed E-state index contributed by atoms with van der Waals surface area (Å²) in [5.41, 5.74) is -4.27. The lowest BCUT2D eigenvalue weighted by molar-refractivity contribution is -0.276. The molecule has 1 aliphatic rings. The van der Waals surface area contributed by atoms with Crippen molar-refractivity contribution in [3.05, 3.63) is 35.9 Å². The first kappa shape index (κ1) is 24.2. The van der Waals surface area contributed by atoms with Gasteiger partial charge in [-0.2, -0.15) is 13.2 Å². The monoisotopic (exact) mass is 430 g/mol. The second-order valence-electron chi connectivity index (χ2n) is 8.01. The number of cyclic esters (lactones) is 1. The highest BCUT2D eigenvalue weighted by Gasteiger charge is 2.64. The fourth-order valence-corrected chi connectivity index (χ4v) is 4.02. The van der Waals surface area contributed by atoms with Crippen molar-refractivity contribution in [2.24, 2.45) is 11.8 Å². The number of benzene rings is 1. The largest absolute Gasteiger partial charge is 0.463 e. The van der Waals surface area contributed by atoms with Crippen LogP contribution in [0.4, 0.5) is 13.2 Å². The van der Waals surface area contributed by atoms with Crippen LogP contribution in [0.15, 0.2) is 30.3 Å². The van der Waals surface area contributed by atoms with Gasteiger partial charge >= 0.3 is 18.1 Å². The molecule has 1 heterocycles. The molecular weight excluding hydrogens is 401 g/mol. The molecule has 30 heavy (non-hydrogen) atoms. The maximum Gasteiger partial charge on any atom is 0.432 e. The predicted octanol–water partition coefficient (Wildman–Crippen LogP) is 4.78. The van der Waals surface area contributed by atoms with Gasteiger partial charge in [0.15, 0.2) is 0 Å². The zero-order valence-electron chi connectivity index (χ0n) is 17.8. The fraction of sp³-hybridized carbons (Fsp3) is 0.636. The van der Waals surface area contributed by atoms with Crippen LogP contribution in [-0.4, -0.2) is 37.4 Å². The lowest BCUT2D eigenvalue weighted by Gasteiger charge is -2.33. The van der Waals surface area contributed by atoms with Crippen molar-refractivity contribution in [1.29, 1.82) is 0 Å². The molecule has 1 saturated heterocycles. The minimum atomic E-state index is -5.01. The molecule has 5 nitrogen and oxygen atoms in total. The topological polar surface area (TPSA) is 61.8 Å². The van der Waals surface area contributed by atoms with Gasteiger partial charge in [-0.15, -0.1) is 0 Å². The van der Waals surface area contributed by atoms with Crippen molar-refractivity contribution in [3.63, 3.8) is 0 Å². The Morgan fingerprint density at radius 3 is 2.37 bits per heavy atom. The minimum Gasteiger partial charge on any atom is -0.463 e. The molecule has 2 unspecified atom stereocenters. The SMILES string of the molecule is CCC1CC(C)(C[C@@H](CC)COC(=O)[C@@](OC)(c2ccccc2)C(F)(F)F)OC1=O. The number of carbonyl (C=O) groups is 2. The first-order chi connectivity index (χ1) is 14.0. The van der Waals surface area contributed by atoms with E-state index in [1.165, 1.54) is 24.3 Å². The van der Waals surface area contributed by atoms with E-state index in [0.717, 1.165) is 7.11 Å². The van der Waals surface area contributed by atoms with Gasteiger partial charge in [0, 0.05) is 19.1 Å². The van der Waals surface area contributed by atoms with Crippen LogP contribution in [0.3, 0.4) is 0 Å². The molecule has 168 valence electrons. The van der Waals surface area contributed by atoms with E-state index < -0.39 is 23.3 Å². The third-order valence-corrected chi connectivity index (χ3v) is 5.77. The van der Waals surface area contributed by atoms with Gasteiger partial charge < -0.3 is 14.2 Å². The standard InChI is InChI=1S/C22H29F3O5/c1-5-15(12-20(3)13-16(6-2)18(26)30-20)14-29-19(27)21(28-4,22(23,24)25)17-10-8-7-9-11-17/h7-11,15-16H,5-6,12-14H2,1-4H3/t15-,16?,20?,21+/m1/s1. The van der Waals surface area contributed by atoms with E-state index in [9.17, 15) is 22.8 Å². The Morgan fingerprint density at radius 2 is 1.90 bits per heavy atom. The van der Waals surface area contributed by atoms with Crippen molar-refractivity contribution < 1.29 is 37.0 Å². The minimum absolute atomic E-state index is 0.181. The van der Waals surface area contributed by atoms with Crippen LogP contribution in [-0.2, 0) is 29.4 Å². The number of ether oxygens (including phenoxy) is 3. The molecule has 0 saturated carbocycles. The number of alkyl halides is 3. The third-order valence-electron chi connectivity index (χ3n) is 5.77. The van der Waals surface area contributed by atoms with Gasteiger partial charge in [-0.05, 0) is 32.1 Å². The number of hydrogen-bond acceptors (Lipinski definition) is 5. The Kier molecular flexibility index (Phi) is 7.55. The molecule has 1 fully saturated rings. The van der Waals surface area contributed by atoms with E-state index in [4.69, 9.17) is 14.2 Å². The summed E-state index contributed by atoms with van der Waals surface area (Å²) in [6.07, 6.45) is -2.85. The number of esters is 2. The first-order valence-corrected chi connectivity index (χ1v) is 10.1. The van der Waals surface area contributed by atoms with Crippen LogP contribution in [0.1, 0.15) is 52.0 Å². The Bertz CT molecular complexity index is 736. The average molecular weight is 430 g/mol. The van der Waals surface area contributed by atoms with Crippen molar-refractivity contribution in [2.45, 2.75) is 63.8 Å². The summed E-state index contributed by atoms with van der Waals surface area (Å²) in [7, 11) is 0.836. The molecule has 0 aliphatic carbocycles. The first-order valence-electron chi connectivity index (χ1n) is 10.1. The summed E-state index contributed by atoms with van der Waals surface area (Å²) in [6.45, 7) is 5.33. The van der Waals surface area contributed by atoms with Gasteiger partial charge in [-0.25, -0.2) is 4.79 Å². The molecule has 0 spiro atoms. The zero-order chi connectivity index (χ0) is 22.6. The number of rotatable bonds is 9. The maximum atomic E-state index is 13.9. The quantitative estimate of drug-likeness (QED) is 0.528. The maximum absolute atomic E-state index is 13.9. The fourth-order valence-electron chi connectivity index (χ4n) is 4.02. The third kappa shape index (κ3) is 4.79. The molecule has 0 aromatic heterocycles. The Labute approximate surface area is 174 Å². The number of methoxy groups -OCH3 is 1. The zero-order valence-corrected chi connectivity index (χ0v) is 17.8. The van der Waals surface area contributed by atoms with E-state index in [-0.39, 0.29) is 30.0 Å². The van der Waals surface area contributed by atoms with Gasteiger partial charge in [0.05, 0.1) is 12.5 Å². The van der Waals surface area contributed by atoms with Crippen molar-refractivity contribution >= 4 is 11.9 Å². The van der Waals surface area contributed by atoms with Crippen LogP contribution in [0.2, 0.25) is 0 Å². The summed E-state index contributed by atoms with van der Waals surface area (Å²) < 4.78 is 57.3. The number of halogens is 3. The predicted molar refractivity (Wildman–Crippen MR) is 103 cm³/mol. The van der Waals surface area contributed by atoms with Crippen molar-refractivity contribution in [1.82, 2.24) is 0 Å². The Morgan fingerprint density at radius 1 is 1.27 bits per heavy atom. The van der Waals surface area contributed by atoms with Gasteiger partial charge in [0.25, 0.3) is 5.60 Å². The van der Waals surface area contributed by atoms with E-state index >= 15 is 0 Å². The summed E-state index contributed by atoms with van der Waals surface area (Å²) >= 11 is 0. The van der Waals surface area contributed by atoms with E-state index in [1.54, 1.807) is 6.07 Å². The molecule has 0 N–H and O–H groups in total. The smallest absolute Gasteiger partial charge is 0.432 e. The number of hydrogen-bond donors (Lipinski definition) is 0. The van der Waals surface area contributed by atoms with Gasteiger partial charge in [-0.3, -0.25) is 4.79 Å². The second kappa shape index (κ2) is 9.37. The van der Waals surface area contributed by atoms with E-state index in [0.29, 0.717) is 25.7 Å². The highest BCUT2D eigenvalue weighted by Crippen LogP contribution is 2.43. The average Bonchev–Trinajstić information content (AvgIpc) is 2.99. The summed E-state index contributed by atoms with van der Waals surface area (Å²) in [4.78, 5) is 24.6. The van der Waals surface area contributed by atoms with Crippen LogP contribution in [0, 0.1) is 11.8 Å². The van der Waals surface area contributed by atoms with Crippen molar-refractivity contribution in [2.75, 3.05) is 13.7 Å². The normalized spacial score (nSPS) is 24.8. The summed E-state index contributed by atoms with van der Waals surface area (Å²) in [6, 6.07) is 6.71. The Balaban J connectivity index is 2.15. The van der Waals surface area contributed by atoms with Crippen LogP contribution >= 0.6 is 0 Å². The Hall–Kier alpha value is -2.09. The molecule has 1 aromatic carbocycles. The van der Waals surface area contributed by atoms with Gasteiger partial charge in [0.1, 0.15) is 5.60 Å². The molecule has 0 radical (unpaired) electrons. The summed E-state index contributed by atoms with van der Waals surface area (Å²) in [5.74, 6) is -2.21. The lowest BCUT2D eigenvalue weighted by atomic mass is 9.85. The van der Waals surface area contributed by atoms with Crippen LogP contribution in [0.25, 0.3) is 0 Å². The number of carbonyl (C=O) groups excluding carboxylic acids is 2. The van der Waals surface area contributed by atoms with E-state index in [1.807, 2.05) is 20.8 Å². The lowest BCUT2D eigenvalue weighted by Crippen LogP contribution is -2.52. The van der Waals surface area contributed by atoms with Crippen LogP contribution in [0.5, 0.6) is 0 Å². The molecule has 1 aromatic rings. The highest BCUT2D eigenvalue weighted by molar-refractivity contribution is 5.82. The molecular formula is C22H29F3O5. The molecule has 1 aliphatic heterocycles. The van der Waals surface area contributed by atoms with Crippen molar-refractivity contribution in [3.8, 4) is 0 Å². The molecule has 8 heteroatoms. The van der Waals surface area contributed by atoms with Gasteiger partial charge in [-0.1, -0.05) is 44.2 Å². The van der Waals surface area contributed by atoms with Crippen LogP contribution < -0.4 is 0 Å². The summed E-state index contributed by atoms with van der Waals surface area (Å²) in [5, 5.41) is 0. The molecule has 0 amide bonds.